The molecular weight excluding hydrogens is 268 g/mol. The lowest BCUT2D eigenvalue weighted by Crippen LogP contribution is -2.50. The number of aliphatic hydroxyl groups excluding tert-OH is 1. The number of hydrogen-bond donors (Lipinski definition) is 2. The average Bonchev–Trinajstić information content (AvgIpc) is 2.90. The Kier molecular flexibility index (Phi) is 5.39. The van der Waals surface area contributed by atoms with Crippen molar-refractivity contribution in [1.82, 2.24) is 14.8 Å². The third-order valence-corrected chi connectivity index (χ3v) is 3.97. The minimum atomic E-state index is -1.03. The molecular formula is C15H26N4O2. The first-order valence-corrected chi connectivity index (χ1v) is 7.70. The topological polar surface area (TPSA) is 64.8 Å². The van der Waals surface area contributed by atoms with Gasteiger partial charge < -0.3 is 15.2 Å². The van der Waals surface area contributed by atoms with E-state index in [1.165, 1.54) is 19.3 Å². The second kappa shape index (κ2) is 7.06. The van der Waals surface area contributed by atoms with E-state index in [-0.39, 0.29) is 6.17 Å². The zero-order valence-corrected chi connectivity index (χ0v) is 12.9. The Morgan fingerprint density at radius 3 is 2.81 bits per heavy atom. The average molecular weight is 294 g/mol. The van der Waals surface area contributed by atoms with Crippen LogP contribution in [0, 0.1) is 0 Å². The minimum Gasteiger partial charge on any atom is -0.372 e. The first kappa shape index (κ1) is 16.0. The van der Waals surface area contributed by atoms with Gasteiger partial charge in [-0.05, 0) is 13.3 Å². The first-order chi connectivity index (χ1) is 10.1. The van der Waals surface area contributed by atoms with Gasteiger partial charge in [0.05, 0.1) is 5.56 Å². The number of rotatable bonds is 7. The molecule has 1 aliphatic heterocycles. The van der Waals surface area contributed by atoms with Crippen LogP contribution < -0.4 is 4.90 Å². The van der Waals surface area contributed by atoms with E-state index in [4.69, 9.17) is 0 Å². The molecule has 2 unspecified atom stereocenters. The van der Waals surface area contributed by atoms with Crippen LogP contribution in [0.3, 0.4) is 0 Å². The lowest BCUT2D eigenvalue weighted by Gasteiger charge is -2.40. The SMILES string of the molecule is C=CCN1c2nn(CCCCCC)cc2C(O)N(O)C1C. The summed E-state index contributed by atoms with van der Waals surface area (Å²) in [5.41, 5.74) is 0.646. The number of aliphatic hydroxyl groups is 1. The van der Waals surface area contributed by atoms with Crippen LogP contribution in [0.1, 0.15) is 51.3 Å². The first-order valence-electron chi connectivity index (χ1n) is 7.70. The quantitative estimate of drug-likeness (QED) is 0.597. The van der Waals surface area contributed by atoms with Gasteiger partial charge >= 0.3 is 0 Å². The van der Waals surface area contributed by atoms with Crippen LogP contribution in [0.15, 0.2) is 18.9 Å². The second-order valence-corrected chi connectivity index (χ2v) is 5.56. The molecule has 0 fully saturated rings. The molecule has 1 aromatic heterocycles. The van der Waals surface area contributed by atoms with Gasteiger partial charge in [-0.15, -0.1) is 11.6 Å². The third kappa shape index (κ3) is 3.28. The summed E-state index contributed by atoms with van der Waals surface area (Å²) in [6.07, 6.45) is 6.93. The Morgan fingerprint density at radius 1 is 1.38 bits per heavy atom. The van der Waals surface area contributed by atoms with Gasteiger partial charge in [0.25, 0.3) is 0 Å². The summed E-state index contributed by atoms with van der Waals surface area (Å²) in [4.78, 5) is 1.93. The van der Waals surface area contributed by atoms with Crippen molar-refractivity contribution in [3.63, 3.8) is 0 Å². The van der Waals surface area contributed by atoms with E-state index in [1.807, 2.05) is 22.7 Å². The molecule has 2 heterocycles. The van der Waals surface area contributed by atoms with Gasteiger partial charge in [-0.3, -0.25) is 4.68 Å². The van der Waals surface area contributed by atoms with Gasteiger partial charge in [0.15, 0.2) is 12.0 Å². The molecule has 6 nitrogen and oxygen atoms in total. The van der Waals surface area contributed by atoms with Gasteiger partial charge in [-0.25, -0.2) is 0 Å². The van der Waals surface area contributed by atoms with Crippen LogP contribution in [0.5, 0.6) is 0 Å². The van der Waals surface area contributed by atoms with Crippen LogP contribution >= 0.6 is 0 Å². The highest BCUT2D eigenvalue weighted by Crippen LogP contribution is 2.35. The fourth-order valence-corrected chi connectivity index (χ4v) is 2.69. The molecule has 0 aromatic carbocycles. The summed E-state index contributed by atoms with van der Waals surface area (Å²) in [5.74, 6) is 0.732. The van der Waals surface area contributed by atoms with Gasteiger partial charge in [0.2, 0.25) is 0 Å². The molecule has 118 valence electrons. The van der Waals surface area contributed by atoms with E-state index in [0.29, 0.717) is 12.1 Å². The highest BCUT2D eigenvalue weighted by Gasteiger charge is 2.37. The summed E-state index contributed by atoms with van der Waals surface area (Å²) < 4.78 is 1.87. The Bertz CT molecular complexity index is 474. The molecule has 0 bridgehead atoms. The zero-order chi connectivity index (χ0) is 15.4. The lowest BCUT2D eigenvalue weighted by atomic mass is 10.2. The van der Waals surface area contributed by atoms with Crippen molar-refractivity contribution >= 4 is 5.82 Å². The maximum atomic E-state index is 10.2. The summed E-state index contributed by atoms with van der Waals surface area (Å²) in [5, 5.41) is 25.7. The molecule has 1 aromatic rings. The number of nitrogens with zero attached hydrogens (tertiary/aromatic N) is 4. The van der Waals surface area contributed by atoms with Crippen molar-refractivity contribution in [2.24, 2.45) is 0 Å². The molecule has 0 saturated heterocycles. The standard InChI is InChI=1S/C15H26N4O2/c1-4-6-7-8-10-17-11-13-14(16-17)18(9-5-2)12(3)19(21)15(13)20/h5,11-12,15,20-21H,2,4,6-10H2,1,3H3. The van der Waals surface area contributed by atoms with Crippen LogP contribution in [0.2, 0.25) is 0 Å². The van der Waals surface area contributed by atoms with Gasteiger partial charge in [-0.1, -0.05) is 32.3 Å². The zero-order valence-electron chi connectivity index (χ0n) is 12.9. The molecule has 6 heteroatoms. The van der Waals surface area contributed by atoms with Crippen molar-refractivity contribution in [1.29, 1.82) is 0 Å². The molecule has 0 radical (unpaired) electrons. The highest BCUT2D eigenvalue weighted by molar-refractivity contribution is 5.50. The van der Waals surface area contributed by atoms with E-state index in [2.05, 4.69) is 18.6 Å². The molecule has 21 heavy (non-hydrogen) atoms. The van der Waals surface area contributed by atoms with Crippen LogP contribution in [0.25, 0.3) is 0 Å². The Balaban J connectivity index is 2.16. The molecule has 0 amide bonds. The monoisotopic (exact) mass is 294 g/mol. The van der Waals surface area contributed by atoms with Gasteiger partial charge in [-0.2, -0.15) is 5.10 Å². The fraction of sp³-hybridized carbons (Fsp3) is 0.667. The second-order valence-electron chi connectivity index (χ2n) is 5.56. The molecule has 2 atom stereocenters. The third-order valence-electron chi connectivity index (χ3n) is 3.97. The number of fused-ring (bicyclic) bond motifs is 1. The van der Waals surface area contributed by atoms with E-state index >= 15 is 0 Å². The lowest BCUT2D eigenvalue weighted by molar-refractivity contribution is -0.226. The van der Waals surface area contributed by atoms with E-state index in [0.717, 1.165) is 23.8 Å². The van der Waals surface area contributed by atoms with Gasteiger partial charge in [0.1, 0.15) is 6.17 Å². The van der Waals surface area contributed by atoms with Crippen LogP contribution in [-0.2, 0) is 6.54 Å². The minimum absolute atomic E-state index is 0.339. The van der Waals surface area contributed by atoms with E-state index in [1.54, 1.807) is 6.08 Å². The molecule has 0 saturated carbocycles. The van der Waals surface area contributed by atoms with Crippen molar-refractivity contribution in [3.05, 3.63) is 24.4 Å². The van der Waals surface area contributed by atoms with Crippen LogP contribution in [-0.4, -0.2) is 37.9 Å². The molecule has 2 N–H and O–H groups in total. The largest absolute Gasteiger partial charge is 0.372 e. The number of hydroxylamine groups is 2. The summed E-state index contributed by atoms with van der Waals surface area (Å²) in [6.45, 7) is 9.17. The van der Waals surface area contributed by atoms with Crippen molar-refractivity contribution in [2.45, 2.75) is 58.5 Å². The Hall–Kier alpha value is -1.37. The predicted octanol–water partition coefficient (Wildman–Crippen LogP) is 2.50. The number of unbranched alkanes of at least 4 members (excludes halogenated alkanes) is 3. The summed E-state index contributed by atoms with van der Waals surface area (Å²) >= 11 is 0. The Morgan fingerprint density at radius 2 is 2.14 bits per heavy atom. The van der Waals surface area contributed by atoms with Gasteiger partial charge in [0, 0.05) is 19.3 Å². The highest BCUT2D eigenvalue weighted by atomic mass is 16.5. The fourth-order valence-electron chi connectivity index (χ4n) is 2.69. The number of aromatic nitrogens is 2. The maximum Gasteiger partial charge on any atom is 0.162 e. The van der Waals surface area contributed by atoms with Crippen molar-refractivity contribution in [2.75, 3.05) is 11.4 Å². The molecule has 0 spiro atoms. The number of aryl methyl sites for hydroxylation is 1. The number of hydrogen-bond acceptors (Lipinski definition) is 5. The number of anilines is 1. The molecule has 1 aliphatic rings. The van der Waals surface area contributed by atoms with Crippen LogP contribution in [0.4, 0.5) is 5.82 Å². The maximum absolute atomic E-state index is 10.2. The predicted molar refractivity (Wildman–Crippen MR) is 82.0 cm³/mol. The Labute approximate surface area is 126 Å². The smallest absolute Gasteiger partial charge is 0.162 e. The van der Waals surface area contributed by atoms with Crippen molar-refractivity contribution in [3.8, 4) is 0 Å². The normalized spacial score (nSPS) is 22.4. The molecule has 0 aliphatic carbocycles. The van der Waals surface area contributed by atoms with Crippen molar-refractivity contribution < 1.29 is 10.3 Å². The molecule has 2 rings (SSSR count). The van der Waals surface area contributed by atoms with E-state index < -0.39 is 6.23 Å². The van der Waals surface area contributed by atoms with E-state index in [9.17, 15) is 10.3 Å². The summed E-state index contributed by atoms with van der Waals surface area (Å²) in [7, 11) is 0. The summed E-state index contributed by atoms with van der Waals surface area (Å²) in [6, 6.07) is 0.